The molecule has 2 rings (SSSR count). The van der Waals surface area contributed by atoms with Crippen molar-refractivity contribution in [2.24, 2.45) is 0 Å². The minimum Gasteiger partial charge on any atom is -0.496 e. The van der Waals surface area contributed by atoms with Crippen LogP contribution in [-0.2, 0) is 10.0 Å². The van der Waals surface area contributed by atoms with Gasteiger partial charge in [-0.25, -0.2) is 13.1 Å². The number of nitrogens with zero attached hydrogens (tertiary/aromatic N) is 1. The number of nitrogens with one attached hydrogen (secondary N) is 1. The van der Waals surface area contributed by atoms with Crippen LogP contribution in [-0.4, -0.2) is 46.1 Å². The molecule has 5 nitrogen and oxygen atoms in total. The van der Waals surface area contributed by atoms with Crippen molar-refractivity contribution in [1.29, 1.82) is 0 Å². The molecule has 0 spiro atoms. The van der Waals surface area contributed by atoms with Crippen molar-refractivity contribution in [3.8, 4) is 5.75 Å². The van der Waals surface area contributed by atoms with Gasteiger partial charge in [-0.1, -0.05) is 6.42 Å². The van der Waals surface area contributed by atoms with E-state index in [1.807, 2.05) is 6.92 Å². The molecule has 0 radical (unpaired) electrons. The summed E-state index contributed by atoms with van der Waals surface area (Å²) in [7, 11) is -1.87. The van der Waals surface area contributed by atoms with Gasteiger partial charge in [-0.15, -0.1) is 0 Å². The number of ether oxygens (including phenoxy) is 1. The van der Waals surface area contributed by atoms with Crippen LogP contribution >= 0.6 is 0 Å². The van der Waals surface area contributed by atoms with Gasteiger partial charge in [0.15, 0.2) is 0 Å². The van der Waals surface area contributed by atoms with Crippen molar-refractivity contribution >= 4 is 10.0 Å². The maximum atomic E-state index is 12.3. The Kier molecular flexibility index (Phi) is 6.44. The summed E-state index contributed by atoms with van der Waals surface area (Å²) in [6, 6.07) is 5.54. The molecular weight excluding hydrogens is 312 g/mol. The Balaban J connectivity index is 1.85. The van der Waals surface area contributed by atoms with E-state index >= 15 is 0 Å². The van der Waals surface area contributed by atoms with E-state index in [2.05, 4.69) is 16.5 Å². The molecule has 23 heavy (non-hydrogen) atoms. The van der Waals surface area contributed by atoms with Crippen molar-refractivity contribution in [2.75, 3.05) is 26.7 Å². The molecule has 1 saturated heterocycles. The van der Waals surface area contributed by atoms with Gasteiger partial charge >= 0.3 is 0 Å². The van der Waals surface area contributed by atoms with E-state index in [9.17, 15) is 8.42 Å². The van der Waals surface area contributed by atoms with Gasteiger partial charge in [0, 0.05) is 12.6 Å². The third-order valence-corrected chi connectivity index (χ3v) is 5.99. The number of rotatable bonds is 7. The normalized spacial score (nSPS) is 19.7. The van der Waals surface area contributed by atoms with E-state index < -0.39 is 10.0 Å². The number of methoxy groups -OCH3 is 1. The summed E-state index contributed by atoms with van der Waals surface area (Å²) in [5, 5.41) is 0. The van der Waals surface area contributed by atoms with Crippen molar-refractivity contribution in [1.82, 2.24) is 9.62 Å². The van der Waals surface area contributed by atoms with E-state index in [0.717, 1.165) is 25.1 Å². The third-order valence-electron chi connectivity index (χ3n) is 4.53. The second kappa shape index (κ2) is 8.13. The van der Waals surface area contributed by atoms with E-state index in [4.69, 9.17) is 4.74 Å². The summed E-state index contributed by atoms with van der Waals surface area (Å²) < 4.78 is 32.5. The molecule has 0 amide bonds. The van der Waals surface area contributed by atoms with Gasteiger partial charge < -0.3 is 9.64 Å². The van der Waals surface area contributed by atoms with Crippen LogP contribution in [0.1, 0.15) is 38.2 Å². The van der Waals surface area contributed by atoms with E-state index in [-0.39, 0.29) is 0 Å². The lowest BCUT2D eigenvalue weighted by atomic mass is 10.0. The van der Waals surface area contributed by atoms with Gasteiger partial charge in [0.2, 0.25) is 10.0 Å². The highest BCUT2D eigenvalue weighted by Crippen LogP contribution is 2.21. The zero-order valence-corrected chi connectivity index (χ0v) is 15.2. The maximum Gasteiger partial charge on any atom is 0.240 e. The standard InChI is InChI=1S/C17H28N2O3S/c1-14-13-16(8-9-17(14)22-3)23(20,21)18-10-6-12-19-11-5-4-7-15(19)2/h8-9,13,15,18H,4-7,10-12H2,1-3H3. The molecule has 1 aromatic rings. The molecular formula is C17H28N2O3S. The summed E-state index contributed by atoms with van der Waals surface area (Å²) in [6.45, 7) is 6.65. The Morgan fingerprint density at radius 3 is 2.78 bits per heavy atom. The highest BCUT2D eigenvalue weighted by Gasteiger charge is 2.18. The average molecular weight is 340 g/mol. The number of piperidine rings is 1. The summed E-state index contributed by atoms with van der Waals surface area (Å²) in [6.07, 6.45) is 4.64. The molecule has 0 bridgehead atoms. The third kappa shape index (κ3) is 4.93. The van der Waals surface area contributed by atoms with Gasteiger partial charge in [0.25, 0.3) is 0 Å². The summed E-state index contributed by atoms with van der Waals surface area (Å²) in [5.41, 5.74) is 0.817. The average Bonchev–Trinajstić information content (AvgIpc) is 2.53. The van der Waals surface area contributed by atoms with Gasteiger partial charge in [-0.05, 0) is 70.0 Å². The smallest absolute Gasteiger partial charge is 0.240 e. The molecule has 0 aliphatic carbocycles. The summed E-state index contributed by atoms with van der Waals surface area (Å²) in [4.78, 5) is 2.75. The molecule has 0 saturated carbocycles. The molecule has 6 heteroatoms. The molecule has 1 aromatic carbocycles. The van der Waals surface area contributed by atoms with Gasteiger partial charge in [0.1, 0.15) is 5.75 Å². The van der Waals surface area contributed by atoms with Crippen molar-refractivity contribution in [2.45, 2.75) is 50.5 Å². The monoisotopic (exact) mass is 340 g/mol. The summed E-state index contributed by atoms with van der Waals surface area (Å²) in [5.74, 6) is 0.697. The van der Waals surface area contributed by atoms with Gasteiger partial charge in [-0.2, -0.15) is 0 Å². The number of benzene rings is 1. The predicted molar refractivity (Wildman–Crippen MR) is 92.4 cm³/mol. The van der Waals surface area contributed by atoms with Crippen LogP contribution in [0.25, 0.3) is 0 Å². The number of sulfonamides is 1. The highest BCUT2D eigenvalue weighted by atomic mass is 32.2. The van der Waals surface area contributed by atoms with E-state index in [1.165, 1.54) is 19.3 Å². The van der Waals surface area contributed by atoms with Gasteiger partial charge in [-0.3, -0.25) is 0 Å². The van der Waals surface area contributed by atoms with E-state index in [1.54, 1.807) is 25.3 Å². The topological polar surface area (TPSA) is 58.6 Å². The Bertz CT molecular complexity index is 616. The van der Waals surface area contributed by atoms with Crippen LogP contribution < -0.4 is 9.46 Å². The van der Waals surface area contributed by atoms with E-state index in [0.29, 0.717) is 23.2 Å². The molecule has 1 fully saturated rings. The van der Waals surface area contributed by atoms with Crippen LogP contribution in [0, 0.1) is 6.92 Å². The number of likely N-dealkylation sites (tertiary alicyclic amines) is 1. The lowest BCUT2D eigenvalue weighted by molar-refractivity contribution is 0.159. The first-order valence-electron chi connectivity index (χ1n) is 8.32. The first-order chi connectivity index (χ1) is 10.9. The van der Waals surface area contributed by atoms with Gasteiger partial charge in [0.05, 0.1) is 12.0 Å². The molecule has 1 unspecified atom stereocenters. The predicted octanol–water partition coefficient (Wildman–Crippen LogP) is 2.55. The Morgan fingerprint density at radius 1 is 1.35 bits per heavy atom. The Labute approximate surface area is 140 Å². The minimum absolute atomic E-state index is 0.294. The zero-order chi connectivity index (χ0) is 16.9. The Morgan fingerprint density at radius 2 is 2.13 bits per heavy atom. The number of hydrogen-bond donors (Lipinski definition) is 1. The van der Waals surface area contributed by atoms with Crippen molar-refractivity contribution in [3.05, 3.63) is 23.8 Å². The zero-order valence-electron chi connectivity index (χ0n) is 14.3. The SMILES string of the molecule is COc1ccc(S(=O)(=O)NCCCN2CCCCC2C)cc1C. The molecule has 130 valence electrons. The van der Waals surface area contributed by atoms with Crippen molar-refractivity contribution < 1.29 is 13.2 Å². The number of hydrogen-bond acceptors (Lipinski definition) is 4. The largest absolute Gasteiger partial charge is 0.496 e. The quantitative estimate of drug-likeness (QED) is 0.775. The molecule has 1 aliphatic heterocycles. The summed E-state index contributed by atoms with van der Waals surface area (Å²) >= 11 is 0. The fraction of sp³-hybridized carbons (Fsp3) is 0.647. The molecule has 0 aromatic heterocycles. The number of aryl methyl sites for hydroxylation is 1. The molecule has 1 N–H and O–H groups in total. The van der Waals surface area contributed by atoms with Crippen LogP contribution in [0.2, 0.25) is 0 Å². The second-order valence-electron chi connectivity index (χ2n) is 6.26. The lowest BCUT2D eigenvalue weighted by Gasteiger charge is -2.33. The van der Waals surface area contributed by atoms with Crippen LogP contribution in [0.5, 0.6) is 5.75 Å². The van der Waals surface area contributed by atoms with Crippen LogP contribution in [0.4, 0.5) is 0 Å². The maximum absolute atomic E-state index is 12.3. The second-order valence-corrected chi connectivity index (χ2v) is 8.03. The molecule has 1 atom stereocenters. The highest BCUT2D eigenvalue weighted by molar-refractivity contribution is 7.89. The molecule has 1 heterocycles. The first-order valence-corrected chi connectivity index (χ1v) is 9.80. The van der Waals surface area contributed by atoms with Crippen molar-refractivity contribution in [3.63, 3.8) is 0 Å². The fourth-order valence-electron chi connectivity index (χ4n) is 3.08. The van der Waals surface area contributed by atoms with Crippen LogP contribution in [0.15, 0.2) is 23.1 Å². The lowest BCUT2D eigenvalue weighted by Crippen LogP contribution is -2.39. The first kappa shape index (κ1) is 18.2. The minimum atomic E-state index is -3.45. The fourth-order valence-corrected chi connectivity index (χ4v) is 4.24. The Hall–Kier alpha value is -1.11. The van der Waals surface area contributed by atoms with Crippen LogP contribution in [0.3, 0.4) is 0 Å². The molecule has 1 aliphatic rings.